The molecule has 0 aliphatic carbocycles. The van der Waals surface area contributed by atoms with Crippen LogP contribution in [0.3, 0.4) is 0 Å². The Morgan fingerprint density at radius 1 is 1.29 bits per heavy atom. The number of aromatic nitrogens is 2. The van der Waals surface area contributed by atoms with Crippen molar-refractivity contribution in [2.75, 3.05) is 13.1 Å². The van der Waals surface area contributed by atoms with Crippen LogP contribution < -0.4 is 5.32 Å². The van der Waals surface area contributed by atoms with E-state index in [9.17, 15) is 4.79 Å². The largest absolute Gasteiger partial charge is 0.334 e. The summed E-state index contributed by atoms with van der Waals surface area (Å²) in [6.45, 7) is 7.46. The van der Waals surface area contributed by atoms with Crippen LogP contribution in [0.5, 0.6) is 0 Å². The Kier molecular flexibility index (Phi) is 3.38. The maximum atomic E-state index is 12.2. The molecule has 1 aliphatic heterocycles. The van der Waals surface area contributed by atoms with Crippen LogP contribution >= 0.6 is 0 Å². The van der Waals surface area contributed by atoms with Crippen LogP contribution in [0.1, 0.15) is 30.0 Å². The first-order valence-electron chi connectivity index (χ1n) is 5.90. The number of nitrogens with zero attached hydrogens (tertiary/aromatic N) is 3. The molecule has 1 amide bonds. The minimum atomic E-state index is -0.0299. The molecular weight excluding hydrogens is 216 g/mol. The zero-order chi connectivity index (χ0) is 12.4. The van der Waals surface area contributed by atoms with E-state index in [0.29, 0.717) is 17.8 Å². The molecule has 1 N–H and O–H groups in total. The van der Waals surface area contributed by atoms with Crippen LogP contribution in [0.4, 0.5) is 0 Å². The maximum Gasteiger partial charge on any atom is 0.274 e. The first-order chi connectivity index (χ1) is 8.06. The van der Waals surface area contributed by atoms with Crippen molar-refractivity contribution in [1.29, 1.82) is 0 Å². The van der Waals surface area contributed by atoms with Crippen LogP contribution in [0.25, 0.3) is 0 Å². The van der Waals surface area contributed by atoms with Gasteiger partial charge in [-0.1, -0.05) is 0 Å². The molecule has 0 unspecified atom stereocenters. The second kappa shape index (κ2) is 4.79. The highest BCUT2D eigenvalue weighted by Crippen LogP contribution is 2.08. The number of amides is 1. The van der Waals surface area contributed by atoms with Crippen molar-refractivity contribution in [2.45, 2.75) is 32.9 Å². The van der Waals surface area contributed by atoms with E-state index in [1.807, 2.05) is 11.8 Å². The summed E-state index contributed by atoms with van der Waals surface area (Å²) in [4.78, 5) is 22.3. The van der Waals surface area contributed by atoms with Crippen molar-refractivity contribution in [2.24, 2.45) is 0 Å². The molecule has 5 heteroatoms. The molecule has 0 spiro atoms. The summed E-state index contributed by atoms with van der Waals surface area (Å²) in [5, 5.41) is 3.39. The molecule has 1 saturated heterocycles. The van der Waals surface area contributed by atoms with Gasteiger partial charge in [-0.3, -0.25) is 9.78 Å². The number of aryl methyl sites for hydroxylation is 1. The van der Waals surface area contributed by atoms with Crippen LogP contribution in [0, 0.1) is 6.92 Å². The third-order valence-corrected chi connectivity index (χ3v) is 2.84. The standard InChI is InChI=1S/C12H18N4O/c1-8-4-14-11(5-13-8)12(17)16-6-9(2)15-10(3)7-16/h4-5,9-10,15H,6-7H2,1-3H3/t9-,10-/m0/s1. The molecule has 1 aromatic rings. The number of carbonyl (C=O) groups is 1. The Hall–Kier alpha value is -1.49. The minimum absolute atomic E-state index is 0.0299. The molecule has 2 heterocycles. The third-order valence-electron chi connectivity index (χ3n) is 2.84. The molecule has 17 heavy (non-hydrogen) atoms. The summed E-state index contributed by atoms with van der Waals surface area (Å²) >= 11 is 0. The van der Waals surface area contributed by atoms with Crippen molar-refractivity contribution in [1.82, 2.24) is 20.2 Å². The highest BCUT2D eigenvalue weighted by atomic mass is 16.2. The molecule has 1 aliphatic rings. The first-order valence-corrected chi connectivity index (χ1v) is 5.90. The second-order valence-corrected chi connectivity index (χ2v) is 4.72. The molecule has 1 aromatic heterocycles. The SMILES string of the molecule is Cc1cnc(C(=O)N2C[C@H](C)N[C@@H](C)C2)cn1. The van der Waals surface area contributed by atoms with E-state index in [-0.39, 0.29) is 5.91 Å². The lowest BCUT2D eigenvalue weighted by Crippen LogP contribution is -2.55. The summed E-state index contributed by atoms with van der Waals surface area (Å²) in [7, 11) is 0. The number of rotatable bonds is 1. The Labute approximate surface area is 101 Å². The van der Waals surface area contributed by atoms with E-state index >= 15 is 0 Å². The molecule has 5 nitrogen and oxygen atoms in total. The zero-order valence-electron chi connectivity index (χ0n) is 10.5. The lowest BCUT2D eigenvalue weighted by molar-refractivity contribution is 0.0667. The van der Waals surface area contributed by atoms with Gasteiger partial charge in [-0.2, -0.15) is 0 Å². The van der Waals surface area contributed by atoms with E-state index in [1.165, 1.54) is 0 Å². The number of hydrogen-bond acceptors (Lipinski definition) is 4. The lowest BCUT2D eigenvalue weighted by Gasteiger charge is -2.35. The van der Waals surface area contributed by atoms with E-state index in [4.69, 9.17) is 0 Å². The zero-order valence-corrected chi connectivity index (χ0v) is 10.5. The smallest absolute Gasteiger partial charge is 0.274 e. The van der Waals surface area contributed by atoms with Gasteiger partial charge in [0.05, 0.1) is 11.9 Å². The Balaban J connectivity index is 2.11. The summed E-state index contributed by atoms with van der Waals surface area (Å²) < 4.78 is 0. The normalized spacial score (nSPS) is 24.8. The van der Waals surface area contributed by atoms with Crippen LogP contribution in [-0.2, 0) is 0 Å². The van der Waals surface area contributed by atoms with Gasteiger partial charge < -0.3 is 10.2 Å². The van der Waals surface area contributed by atoms with Gasteiger partial charge in [0.15, 0.2) is 0 Å². The molecule has 2 atom stereocenters. The van der Waals surface area contributed by atoms with Gasteiger partial charge in [-0.05, 0) is 20.8 Å². The molecular formula is C12H18N4O. The van der Waals surface area contributed by atoms with Gasteiger partial charge in [0.2, 0.25) is 0 Å². The predicted octanol–water partition coefficient (Wildman–Crippen LogP) is 0.607. The van der Waals surface area contributed by atoms with E-state index in [1.54, 1.807) is 12.4 Å². The fraction of sp³-hybridized carbons (Fsp3) is 0.583. The van der Waals surface area contributed by atoms with Gasteiger partial charge in [0.1, 0.15) is 5.69 Å². The van der Waals surface area contributed by atoms with E-state index in [2.05, 4.69) is 29.1 Å². The fourth-order valence-corrected chi connectivity index (χ4v) is 2.16. The summed E-state index contributed by atoms with van der Waals surface area (Å²) in [6.07, 6.45) is 3.18. The predicted molar refractivity (Wildman–Crippen MR) is 64.7 cm³/mol. The van der Waals surface area contributed by atoms with Gasteiger partial charge >= 0.3 is 0 Å². The highest BCUT2D eigenvalue weighted by molar-refractivity contribution is 5.92. The average molecular weight is 234 g/mol. The summed E-state index contributed by atoms with van der Waals surface area (Å²) in [6, 6.07) is 0.641. The molecule has 0 radical (unpaired) electrons. The highest BCUT2D eigenvalue weighted by Gasteiger charge is 2.26. The summed E-state index contributed by atoms with van der Waals surface area (Å²) in [5.41, 5.74) is 1.25. The Morgan fingerprint density at radius 2 is 1.94 bits per heavy atom. The summed E-state index contributed by atoms with van der Waals surface area (Å²) in [5.74, 6) is -0.0299. The minimum Gasteiger partial charge on any atom is -0.334 e. The number of nitrogens with one attached hydrogen (secondary N) is 1. The maximum absolute atomic E-state index is 12.2. The fourth-order valence-electron chi connectivity index (χ4n) is 2.16. The quantitative estimate of drug-likeness (QED) is 0.773. The second-order valence-electron chi connectivity index (χ2n) is 4.72. The average Bonchev–Trinajstić information content (AvgIpc) is 2.28. The molecule has 0 bridgehead atoms. The van der Waals surface area contributed by atoms with E-state index in [0.717, 1.165) is 18.8 Å². The molecule has 92 valence electrons. The van der Waals surface area contributed by atoms with Crippen LogP contribution in [-0.4, -0.2) is 45.9 Å². The van der Waals surface area contributed by atoms with Crippen molar-refractivity contribution < 1.29 is 4.79 Å². The number of hydrogen-bond donors (Lipinski definition) is 1. The number of piperazine rings is 1. The van der Waals surface area contributed by atoms with Crippen molar-refractivity contribution in [3.63, 3.8) is 0 Å². The van der Waals surface area contributed by atoms with Crippen molar-refractivity contribution in [3.05, 3.63) is 23.8 Å². The Morgan fingerprint density at radius 3 is 2.47 bits per heavy atom. The first kappa shape index (κ1) is 12.0. The molecule has 2 rings (SSSR count). The number of carbonyl (C=O) groups excluding carboxylic acids is 1. The molecule has 0 saturated carbocycles. The van der Waals surface area contributed by atoms with Gasteiger partial charge in [0, 0.05) is 31.4 Å². The molecule has 1 fully saturated rings. The third kappa shape index (κ3) is 2.79. The molecule has 0 aromatic carbocycles. The van der Waals surface area contributed by atoms with Crippen LogP contribution in [0.15, 0.2) is 12.4 Å². The topological polar surface area (TPSA) is 58.1 Å². The van der Waals surface area contributed by atoms with Gasteiger partial charge in [-0.25, -0.2) is 4.98 Å². The van der Waals surface area contributed by atoms with Gasteiger partial charge in [0.25, 0.3) is 5.91 Å². The Bertz CT molecular complexity index is 393. The lowest BCUT2D eigenvalue weighted by atomic mass is 10.1. The van der Waals surface area contributed by atoms with Crippen molar-refractivity contribution >= 4 is 5.91 Å². The van der Waals surface area contributed by atoms with Gasteiger partial charge in [-0.15, -0.1) is 0 Å². The van der Waals surface area contributed by atoms with E-state index < -0.39 is 0 Å². The van der Waals surface area contributed by atoms with Crippen molar-refractivity contribution in [3.8, 4) is 0 Å². The monoisotopic (exact) mass is 234 g/mol. The van der Waals surface area contributed by atoms with Crippen LogP contribution in [0.2, 0.25) is 0 Å².